The first-order chi connectivity index (χ1) is 27.5. The van der Waals surface area contributed by atoms with Crippen molar-refractivity contribution in [3.05, 3.63) is 60.8 Å². The van der Waals surface area contributed by atoms with Gasteiger partial charge in [-0.25, -0.2) is 4.57 Å². The van der Waals surface area contributed by atoms with Crippen molar-refractivity contribution in [1.82, 2.24) is 0 Å². The Balaban J connectivity index is 2.32. The number of allylic oxidation sites excluding steroid dienone is 9. The maximum absolute atomic E-state index is 12.7. The molecule has 1 rings (SSSR count). The molecule has 0 bridgehead atoms. The van der Waals surface area contributed by atoms with Gasteiger partial charge < -0.3 is 23.6 Å². The van der Waals surface area contributed by atoms with Crippen molar-refractivity contribution in [1.29, 1.82) is 0 Å². The Morgan fingerprint density at radius 1 is 0.649 bits per heavy atom. The smallest absolute Gasteiger partial charge is 0.462 e. The molecule has 1 heterocycles. The normalized spacial score (nSPS) is 17.7. The lowest BCUT2D eigenvalue weighted by Gasteiger charge is -2.24. The predicted molar refractivity (Wildman–Crippen MR) is 233 cm³/mol. The number of nitrogens with zero attached hydrogens (tertiary/aromatic N) is 1. The van der Waals surface area contributed by atoms with Gasteiger partial charge in [0.25, 0.3) is 0 Å². The molecule has 0 aromatic carbocycles. The molecule has 0 spiro atoms. The van der Waals surface area contributed by atoms with Gasteiger partial charge in [0.2, 0.25) is 0 Å². The third-order valence-electron chi connectivity index (χ3n) is 9.50. The first kappa shape index (κ1) is 52.7. The molecular formula is C46H81NO9P+. The van der Waals surface area contributed by atoms with E-state index in [2.05, 4.69) is 68.5 Å². The van der Waals surface area contributed by atoms with Crippen LogP contribution in [0.15, 0.2) is 60.8 Å². The highest BCUT2D eigenvalue weighted by atomic mass is 31.2. The summed E-state index contributed by atoms with van der Waals surface area (Å²) in [6.07, 6.45) is 43.3. The average molecular weight is 823 g/mol. The van der Waals surface area contributed by atoms with Gasteiger partial charge in [-0.2, -0.15) is 0 Å². The topological polar surface area (TPSA) is 121 Å². The number of rotatable bonds is 38. The van der Waals surface area contributed by atoms with Gasteiger partial charge in [0, 0.05) is 12.8 Å². The van der Waals surface area contributed by atoms with Crippen LogP contribution < -0.4 is 0 Å². The molecule has 10 nitrogen and oxygen atoms in total. The van der Waals surface area contributed by atoms with E-state index in [4.69, 9.17) is 23.3 Å². The van der Waals surface area contributed by atoms with Crippen LogP contribution >= 0.6 is 7.82 Å². The van der Waals surface area contributed by atoms with E-state index < -0.39 is 32.5 Å². The molecule has 0 radical (unpaired) electrons. The number of hydrogen-bond acceptors (Lipinski definition) is 8. The lowest BCUT2D eigenvalue weighted by atomic mass is 10.1. The number of esters is 2. The molecule has 0 amide bonds. The zero-order valence-corrected chi connectivity index (χ0v) is 37.4. The number of carbonyl (C=O) groups is 2. The number of carbonyl (C=O) groups excluding carboxylic acids is 2. The first-order valence-electron chi connectivity index (χ1n) is 22.1. The van der Waals surface area contributed by atoms with E-state index in [1.807, 2.05) is 27.2 Å². The highest BCUT2D eigenvalue weighted by Gasteiger charge is 2.35. The van der Waals surface area contributed by atoms with Crippen molar-refractivity contribution in [3.8, 4) is 0 Å². The number of ether oxygens (including phenoxy) is 3. The average Bonchev–Trinajstić information content (AvgIpc) is 3.93. The van der Waals surface area contributed by atoms with E-state index in [9.17, 15) is 19.0 Å². The minimum atomic E-state index is -4.40. The quantitative estimate of drug-likeness (QED) is 0.0162. The van der Waals surface area contributed by atoms with Crippen LogP contribution in [0.2, 0.25) is 0 Å². The molecule has 1 aliphatic heterocycles. The zero-order chi connectivity index (χ0) is 41.9. The second-order valence-electron chi connectivity index (χ2n) is 16.1. The molecule has 1 fully saturated rings. The van der Waals surface area contributed by atoms with Crippen molar-refractivity contribution in [2.24, 2.45) is 0 Å². The minimum absolute atomic E-state index is 0.0154. The lowest BCUT2D eigenvalue weighted by molar-refractivity contribution is -0.870. The minimum Gasteiger partial charge on any atom is -0.462 e. The predicted octanol–water partition coefficient (Wildman–Crippen LogP) is 11.5. The van der Waals surface area contributed by atoms with E-state index in [0.717, 1.165) is 64.2 Å². The van der Waals surface area contributed by atoms with Gasteiger partial charge in [-0.3, -0.25) is 18.6 Å². The highest BCUT2D eigenvalue weighted by molar-refractivity contribution is 7.47. The Labute approximate surface area is 347 Å². The third-order valence-corrected chi connectivity index (χ3v) is 10.5. The molecule has 0 aromatic rings. The number of phosphoric ester groups is 1. The number of likely N-dealkylation sites (N-methyl/N-ethyl adjacent to an activating group) is 1. The van der Waals surface area contributed by atoms with Crippen molar-refractivity contribution in [2.75, 3.05) is 47.5 Å². The van der Waals surface area contributed by atoms with Crippen LogP contribution in [0.25, 0.3) is 0 Å². The van der Waals surface area contributed by atoms with Crippen LogP contribution in [0.3, 0.4) is 0 Å². The molecule has 11 heteroatoms. The fourth-order valence-electron chi connectivity index (χ4n) is 5.87. The molecule has 328 valence electrons. The maximum Gasteiger partial charge on any atom is 0.472 e. The Kier molecular flexibility index (Phi) is 31.9. The highest BCUT2D eigenvalue weighted by Crippen LogP contribution is 2.43. The summed E-state index contributed by atoms with van der Waals surface area (Å²) in [6, 6.07) is 0. The van der Waals surface area contributed by atoms with Crippen LogP contribution in [0.1, 0.15) is 155 Å². The van der Waals surface area contributed by atoms with E-state index in [1.165, 1.54) is 44.9 Å². The van der Waals surface area contributed by atoms with Gasteiger partial charge in [-0.05, 0) is 77.0 Å². The molecule has 1 aliphatic rings. The lowest BCUT2D eigenvalue weighted by Crippen LogP contribution is -2.37. The second-order valence-corrected chi connectivity index (χ2v) is 17.5. The van der Waals surface area contributed by atoms with Gasteiger partial charge in [0.1, 0.15) is 19.8 Å². The number of hydrogen-bond donors (Lipinski definition) is 1. The van der Waals surface area contributed by atoms with E-state index in [1.54, 1.807) is 0 Å². The van der Waals surface area contributed by atoms with Gasteiger partial charge in [0.15, 0.2) is 6.10 Å². The monoisotopic (exact) mass is 823 g/mol. The summed E-state index contributed by atoms with van der Waals surface area (Å²) in [5.41, 5.74) is 0. The number of quaternary nitrogens is 1. The molecule has 1 saturated heterocycles. The maximum atomic E-state index is 12.7. The largest absolute Gasteiger partial charge is 0.472 e. The Hall–Kier alpha value is -2.33. The van der Waals surface area contributed by atoms with E-state index in [0.29, 0.717) is 42.5 Å². The van der Waals surface area contributed by atoms with E-state index in [-0.39, 0.29) is 26.1 Å². The SMILES string of the molecule is CCCCCCCC/C=C\CCCCCCCC(=O)OCC(COP(=O)(O)OCC[N+](C)(C)C)OC(=O)CCC/C=C\C/C=C\C/C=C\C/C=C\CC1OC1CC. The molecule has 0 saturated carbocycles. The number of phosphoric acid groups is 1. The Bertz CT molecular complexity index is 1220. The molecule has 4 atom stereocenters. The van der Waals surface area contributed by atoms with Crippen LogP contribution in [0.5, 0.6) is 0 Å². The summed E-state index contributed by atoms with van der Waals surface area (Å²) >= 11 is 0. The fourth-order valence-corrected chi connectivity index (χ4v) is 6.62. The third kappa shape index (κ3) is 35.3. The standard InChI is InChI=1S/C46H80NO9P/c1-6-8-9-10-11-12-13-14-15-18-21-24-27-30-33-36-45(48)52-40-42(41-54-57(50,51)53-39-38-47(3,4)5)55-46(49)37-34-31-28-25-22-19-16-17-20-23-26-29-32-35-44-43(7-2)56-44/h14-16,19-20,23,25,28-29,32,42-44H,6-13,17-18,21-22,24,26-27,30-31,33-41H2,1-5H3/p+1/b15-14-,19-16-,23-20-,28-25-,32-29-. The summed E-state index contributed by atoms with van der Waals surface area (Å²) in [4.78, 5) is 35.3. The fraction of sp³-hybridized carbons (Fsp3) is 0.739. The summed E-state index contributed by atoms with van der Waals surface area (Å²) < 4.78 is 39.8. The van der Waals surface area contributed by atoms with Crippen LogP contribution in [0, 0.1) is 0 Å². The Morgan fingerprint density at radius 3 is 1.77 bits per heavy atom. The van der Waals surface area contributed by atoms with Crippen molar-refractivity contribution in [2.45, 2.75) is 173 Å². The van der Waals surface area contributed by atoms with E-state index >= 15 is 0 Å². The van der Waals surface area contributed by atoms with Gasteiger partial charge in [-0.1, -0.05) is 126 Å². The number of unbranched alkanes of at least 4 members (excludes halogenated alkanes) is 12. The van der Waals surface area contributed by atoms with Crippen LogP contribution in [-0.4, -0.2) is 87.1 Å². The van der Waals surface area contributed by atoms with Gasteiger partial charge >= 0.3 is 19.8 Å². The van der Waals surface area contributed by atoms with Crippen LogP contribution in [-0.2, 0) is 37.4 Å². The molecule has 1 N–H and O–H groups in total. The molecule has 4 unspecified atom stereocenters. The molecular weight excluding hydrogens is 741 g/mol. The summed E-state index contributed by atoms with van der Waals surface area (Å²) in [7, 11) is 1.42. The summed E-state index contributed by atoms with van der Waals surface area (Å²) in [6.45, 7) is 4.22. The van der Waals surface area contributed by atoms with Crippen molar-refractivity contribution >= 4 is 19.8 Å². The van der Waals surface area contributed by atoms with Crippen molar-refractivity contribution in [3.63, 3.8) is 0 Å². The van der Waals surface area contributed by atoms with Gasteiger partial charge in [0.05, 0.1) is 40.0 Å². The molecule has 0 aromatic heterocycles. The summed E-state index contributed by atoms with van der Waals surface area (Å²) in [5.74, 6) is -0.885. The summed E-state index contributed by atoms with van der Waals surface area (Å²) in [5, 5.41) is 0. The van der Waals surface area contributed by atoms with Gasteiger partial charge in [-0.15, -0.1) is 0 Å². The number of epoxide rings is 1. The zero-order valence-electron chi connectivity index (χ0n) is 36.5. The first-order valence-corrected chi connectivity index (χ1v) is 23.6. The van der Waals surface area contributed by atoms with Crippen LogP contribution in [0.4, 0.5) is 0 Å². The molecule has 0 aliphatic carbocycles. The second kappa shape index (κ2) is 34.5. The molecule has 57 heavy (non-hydrogen) atoms. The van der Waals surface area contributed by atoms with Crippen molar-refractivity contribution < 1.29 is 46.8 Å². The Morgan fingerprint density at radius 2 is 1.18 bits per heavy atom.